The Balaban J connectivity index is 1.59. The summed E-state index contributed by atoms with van der Waals surface area (Å²) < 4.78 is 0. The smallest absolute Gasteiger partial charge is 0.262 e. The number of benzene rings is 1. The molecule has 4 N–H and O–H groups in total. The molecule has 9 nitrogen and oxygen atoms in total. The van der Waals surface area contributed by atoms with Crippen LogP contribution in [0.4, 0.5) is 5.13 Å². The third-order valence-corrected chi connectivity index (χ3v) is 5.59. The van der Waals surface area contributed by atoms with E-state index in [4.69, 9.17) is 5.73 Å². The third kappa shape index (κ3) is 3.06. The highest BCUT2D eigenvalue weighted by atomic mass is 32.1. The highest BCUT2D eigenvalue weighted by molar-refractivity contribution is 7.13. The minimum atomic E-state index is -0.975. The molecule has 1 fully saturated rings. The lowest BCUT2D eigenvalue weighted by Gasteiger charge is -2.27. The van der Waals surface area contributed by atoms with Gasteiger partial charge in [-0.3, -0.25) is 29.4 Å². The van der Waals surface area contributed by atoms with Crippen LogP contribution in [0.15, 0.2) is 23.6 Å². The molecule has 1 unspecified atom stereocenters. The van der Waals surface area contributed by atoms with Crippen molar-refractivity contribution in [1.82, 2.24) is 15.2 Å². The summed E-state index contributed by atoms with van der Waals surface area (Å²) in [5, 5.41) is 7.83. The van der Waals surface area contributed by atoms with Crippen LogP contribution in [0.3, 0.4) is 0 Å². The van der Waals surface area contributed by atoms with Gasteiger partial charge in [-0.15, -0.1) is 11.3 Å². The van der Waals surface area contributed by atoms with Gasteiger partial charge in [-0.05, 0) is 18.1 Å². The molecule has 2 aliphatic rings. The first-order valence-corrected chi connectivity index (χ1v) is 9.59. The molecule has 0 radical (unpaired) electrons. The van der Waals surface area contributed by atoms with Crippen molar-refractivity contribution < 1.29 is 19.2 Å². The Morgan fingerprint density at radius 3 is 2.79 bits per heavy atom. The zero-order valence-corrected chi connectivity index (χ0v) is 15.5. The van der Waals surface area contributed by atoms with Crippen LogP contribution in [-0.2, 0) is 22.7 Å². The van der Waals surface area contributed by atoms with Crippen LogP contribution in [0.25, 0.3) is 0 Å². The van der Waals surface area contributed by atoms with Gasteiger partial charge in [0.1, 0.15) is 6.04 Å². The molecule has 1 aromatic heterocycles. The van der Waals surface area contributed by atoms with Crippen molar-refractivity contribution in [3.05, 3.63) is 46.0 Å². The number of nitrogens with two attached hydrogens (primary N) is 1. The summed E-state index contributed by atoms with van der Waals surface area (Å²) in [5.41, 5.74) is 7.50. The summed E-state index contributed by atoms with van der Waals surface area (Å²) in [6.45, 7) is 0.635. The number of nitrogens with zero attached hydrogens (tertiary/aromatic N) is 2. The molecule has 0 spiro atoms. The molecule has 0 bridgehead atoms. The van der Waals surface area contributed by atoms with E-state index in [1.165, 1.54) is 11.3 Å². The van der Waals surface area contributed by atoms with Crippen LogP contribution in [-0.4, -0.2) is 39.6 Å². The lowest BCUT2D eigenvalue weighted by Crippen LogP contribution is -2.54. The number of hydrogen-bond donors (Lipinski definition) is 3. The molecule has 0 aliphatic carbocycles. The van der Waals surface area contributed by atoms with Gasteiger partial charge in [-0.25, -0.2) is 4.98 Å². The molecule has 144 valence electrons. The van der Waals surface area contributed by atoms with Crippen molar-refractivity contribution in [1.29, 1.82) is 0 Å². The molecular formula is C18H17N5O4S. The first-order chi connectivity index (χ1) is 13.5. The molecule has 1 aromatic carbocycles. The SMILES string of the molecule is NCc1csc(NCc2cccc3c2C(=O)N(C2CCC(=O)NC2=O)C3=O)n1. The van der Waals surface area contributed by atoms with Crippen molar-refractivity contribution in [2.24, 2.45) is 5.73 Å². The van der Waals surface area contributed by atoms with Gasteiger partial charge in [-0.1, -0.05) is 12.1 Å². The number of anilines is 1. The number of amides is 4. The third-order valence-electron chi connectivity index (χ3n) is 4.75. The van der Waals surface area contributed by atoms with Crippen LogP contribution in [0, 0.1) is 0 Å². The minimum Gasteiger partial charge on any atom is -0.357 e. The van der Waals surface area contributed by atoms with Crippen molar-refractivity contribution >= 4 is 40.1 Å². The van der Waals surface area contributed by atoms with E-state index in [1.54, 1.807) is 18.2 Å². The topological polar surface area (TPSA) is 134 Å². The van der Waals surface area contributed by atoms with Gasteiger partial charge in [0.15, 0.2) is 5.13 Å². The van der Waals surface area contributed by atoms with Gasteiger partial charge in [0.25, 0.3) is 11.8 Å². The Morgan fingerprint density at radius 2 is 2.07 bits per heavy atom. The van der Waals surface area contributed by atoms with E-state index < -0.39 is 29.7 Å². The molecule has 1 atom stereocenters. The fraction of sp³-hybridized carbons (Fsp3) is 0.278. The summed E-state index contributed by atoms with van der Waals surface area (Å²) in [5.74, 6) is -2.06. The van der Waals surface area contributed by atoms with E-state index in [1.807, 2.05) is 5.38 Å². The average Bonchev–Trinajstić information content (AvgIpc) is 3.24. The number of nitrogens with one attached hydrogen (secondary N) is 2. The molecule has 0 saturated carbocycles. The van der Waals surface area contributed by atoms with E-state index in [-0.39, 0.29) is 24.0 Å². The van der Waals surface area contributed by atoms with Crippen LogP contribution in [0.5, 0.6) is 0 Å². The van der Waals surface area contributed by atoms with E-state index >= 15 is 0 Å². The second-order valence-electron chi connectivity index (χ2n) is 6.49. The molecule has 4 rings (SSSR count). The number of aromatic nitrogens is 1. The van der Waals surface area contributed by atoms with Crippen molar-refractivity contribution in [3.63, 3.8) is 0 Å². The van der Waals surface area contributed by atoms with Gasteiger partial charge in [0.05, 0.1) is 16.8 Å². The molecule has 2 aromatic rings. The highest BCUT2D eigenvalue weighted by Gasteiger charge is 2.45. The second-order valence-corrected chi connectivity index (χ2v) is 7.35. The predicted octanol–water partition coefficient (Wildman–Crippen LogP) is 0.615. The molecule has 10 heteroatoms. The zero-order chi connectivity index (χ0) is 19.8. The number of carbonyl (C=O) groups is 4. The normalized spacial score (nSPS) is 19.0. The Labute approximate surface area is 163 Å². The fourth-order valence-corrected chi connectivity index (χ4v) is 4.11. The zero-order valence-electron chi connectivity index (χ0n) is 14.7. The van der Waals surface area contributed by atoms with Gasteiger partial charge >= 0.3 is 0 Å². The number of hydrogen-bond acceptors (Lipinski definition) is 8. The lowest BCUT2D eigenvalue weighted by atomic mass is 10.0. The maximum atomic E-state index is 13.0. The second kappa shape index (κ2) is 7.13. The first kappa shape index (κ1) is 18.3. The highest BCUT2D eigenvalue weighted by Crippen LogP contribution is 2.30. The molecule has 4 amide bonds. The number of thiazole rings is 1. The number of fused-ring (bicyclic) bond motifs is 1. The summed E-state index contributed by atoms with van der Waals surface area (Å²) >= 11 is 1.40. The Hall–Kier alpha value is -3.11. The van der Waals surface area contributed by atoms with E-state index in [2.05, 4.69) is 15.6 Å². The average molecular weight is 399 g/mol. The Kier molecular flexibility index (Phi) is 4.65. The summed E-state index contributed by atoms with van der Waals surface area (Å²) in [6.07, 6.45) is 0.219. The van der Waals surface area contributed by atoms with Gasteiger partial charge in [-0.2, -0.15) is 0 Å². The van der Waals surface area contributed by atoms with Gasteiger partial charge in [0.2, 0.25) is 11.8 Å². The van der Waals surface area contributed by atoms with Gasteiger partial charge in [0, 0.05) is 24.9 Å². The largest absolute Gasteiger partial charge is 0.357 e. The Bertz CT molecular complexity index is 1000. The van der Waals surface area contributed by atoms with Crippen molar-refractivity contribution in [2.75, 3.05) is 5.32 Å². The minimum absolute atomic E-state index is 0.0890. The van der Waals surface area contributed by atoms with Crippen LogP contribution in [0.1, 0.15) is 44.8 Å². The number of imide groups is 2. The van der Waals surface area contributed by atoms with Crippen molar-refractivity contribution in [2.45, 2.75) is 32.0 Å². The standard InChI is InChI=1S/C18H17N5O4S/c19-6-10-8-28-18(21-10)20-7-9-2-1-3-11-14(9)17(27)23(16(11)26)12-4-5-13(24)22-15(12)25/h1-3,8,12H,4-7,19H2,(H,20,21)(H,22,24,25). The summed E-state index contributed by atoms with van der Waals surface area (Å²) in [7, 11) is 0. The van der Waals surface area contributed by atoms with E-state index in [0.29, 0.717) is 23.8 Å². The molecule has 2 aliphatic heterocycles. The van der Waals surface area contributed by atoms with Crippen molar-refractivity contribution in [3.8, 4) is 0 Å². The molecular weight excluding hydrogens is 382 g/mol. The number of piperidine rings is 1. The van der Waals surface area contributed by atoms with Crippen LogP contribution in [0.2, 0.25) is 0 Å². The molecule has 3 heterocycles. The monoisotopic (exact) mass is 399 g/mol. The van der Waals surface area contributed by atoms with E-state index in [9.17, 15) is 19.2 Å². The Morgan fingerprint density at radius 1 is 1.25 bits per heavy atom. The fourth-order valence-electron chi connectivity index (χ4n) is 3.38. The maximum Gasteiger partial charge on any atom is 0.262 e. The maximum absolute atomic E-state index is 13.0. The lowest BCUT2D eigenvalue weighted by molar-refractivity contribution is -0.136. The predicted molar refractivity (Wildman–Crippen MR) is 100 cm³/mol. The molecule has 1 saturated heterocycles. The molecule has 28 heavy (non-hydrogen) atoms. The van der Waals surface area contributed by atoms with Crippen LogP contribution >= 0.6 is 11.3 Å². The number of rotatable bonds is 5. The van der Waals surface area contributed by atoms with E-state index in [0.717, 1.165) is 10.6 Å². The van der Waals surface area contributed by atoms with Gasteiger partial charge < -0.3 is 11.1 Å². The summed E-state index contributed by atoms with van der Waals surface area (Å²) in [4.78, 5) is 54.6. The first-order valence-electron chi connectivity index (χ1n) is 8.71. The van der Waals surface area contributed by atoms with Crippen LogP contribution < -0.4 is 16.4 Å². The quantitative estimate of drug-likeness (QED) is 0.627. The number of carbonyl (C=O) groups excluding carboxylic acids is 4. The summed E-state index contributed by atoms with van der Waals surface area (Å²) in [6, 6.07) is 4.04.